The van der Waals surface area contributed by atoms with Crippen molar-refractivity contribution in [2.24, 2.45) is 0 Å². The lowest BCUT2D eigenvalue weighted by Crippen LogP contribution is -1.87. The van der Waals surface area contributed by atoms with Gasteiger partial charge in [-0.1, -0.05) is 100 Å². The molecule has 0 saturated carbocycles. The minimum Gasteiger partial charge on any atom is -0.130 e. The second-order valence-electron chi connectivity index (χ2n) is 6.12. The van der Waals surface area contributed by atoms with Crippen LogP contribution in [0.2, 0.25) is 0 Å². The van der Waals surface area contributed by atoms with E-state index in [1.54, 1.807) is 0 Å². The van der Waals surface area contributed by atoms with Crippen LogP contribution in [0.3, 0.4) is 0 Å². The van der Waals surface area contributed by atoms with Gasteiger partial charge in [0.2, 0.25) is 0 Å². The molecular weight excluding hydrogens is 356 g/mol. The number of benzene rings is 5. The highest BCUT2D eigenvalue weighted by Gasteiger charge is 2.12. The van der Waals surface area contributed by atoms with Crippen LogP contribution in [0.1, 0.15) is 27.7 Å². The first-order valence-corrected chi connectivity index (χ1v) is 11.5. The van der Waals surface area contributed by atoms with Crippen LogP contribution in [0, 0.1) is 0 Å². The minimum atomic E-state index is -0.179. The molecule has 0 aliphatic heterocycles. The van der Waals surface area contributed by atoms with E-state index in [2.05, 4.69) is 90.8 Å². The number of hydrogen-bond donors (Lipinski definition) is 0. The van der Waals surface area contributed by atoms with Gasteiger partial charge in [0.1, 0.15) is 0 Å². The van der Waals surface area contributed by atoms with Crippen molar-refractivity contribution < 1.29 is 0 Å². The summed E-state index contributed by atoms with van der Waals surface area (Å²) in [4.78, 5) is 2.61. The molecular formula is C27H28S. The Morgan fingerprint density at radius 3 is 1.71 bits per heavy atom. The number of rotatable bonds is 2. The lowest BCUT2D eigenvalue weighted by molar-refractivity contribution is 1.44. The summed E-state index contributed by atoms with van der Waals surface area (Å²) in [6.07, 6.45) is 0. The zero-order chi connectivity index (χ0) is 20.1. The Hall–Kier alpha value is -2.64. The Balaban J connectivity index is 0.000000531. The van der Waals surface area contributed by atoms with Crippen LogP contribution < -0.4 is 0 Å². The third kappa shape index (κ3) is 3.43. The van der Waals surface area contributed by atoms with Gasteiger partial charge in [0.05, 0.1) is 0 Å². The third-order valence-electron chi connectivity index (χ3n) is 4.78. The largest absolute Gasteiger partial charge is 0.130 e. The monoisotopic (exact) mass is 384 g/mol. The zero-order valence-electron chi connectivity index (χ0n) is 17.2. The topological polar surface area (TPSA) is 0 Å². The molecule has 0 nitrogen and oxygen atoms in total. The molecule has 1 unspecified atom stereocenters. The van der Waals surface area contributed by atoms with Crippen molar-refractivity contribution in [2.45, 2.75) is 37.5 Å². The molecule has 28 heavy (non-hydrogen) atoms. The van der Waals surface area contributed by atoms with Gasteiger partial charge in [0.15, 0.2) is 0 Å². The summed E-state index contributed by atoms with van der Waals surface area (Å²) >= 11 is 0. The summed E-state index contributed by atoms with van der Waals surface area (Å²) < 4.78 is 0. The molecule has 1 heteroatoms. The van der Waals surface area contributed by atoms with Gasteiger partial charge in [-0.15, -0.1) is 10.5 Å². The molecule has 0 aliphatic rings. The maximum Gasteiger partial charge on any atom is 0.0135 e. The molecule has 0 bridgehead atoms. The van der Waals surface area contributed by atoms with Crippen LogP contribution in [-0.4, -0.2) is 5.87 Å². The van der Waals surface area contributed by atoms with Gasteiger partial charge >= 0.3 is 0 Å². The molecule has 0 aliphatic carbocycles. The maximum atomic E-state index is 4.49. The van der Waals surface area contributed by atoms with E-state index >= 15 is 0 Å². The van der Waals surface area contributed by atoms with Gasteiger partial charge in [-0.05, 0) is 50.5 Å². The van der Waals surface area contributed by atoms with Gasteiger partial charge in [-0.2, -0.15) is 0 Å². The van der Waals surface area contributed by atoms with E-state index < -0.39 is 0 Å². The van der Waals surface area contributed by atoms with Crippen LogP contribution in [0.5, 0.6) is 0 Å². The quantitative estimate of drug-likeness (QED) is 0.211. The molecule has 0 amide bonds. The van der Waals surface area contributed by atoms with Gasteiger partial charge in [0.25, 0.3) is 0 Å². The first-order valence-electron chi connectivity index (χ1n) is 10.1. The standard InChI is InChI=1S/C23H16S.2C2H6/c1-24(19-8-3-2-4-9-19)21-15-13-18-11-10-16-6-5-7-17-12-14-20(21)23(18)22(16)17;2*1-2/h2-15H,1H2;2*1-2H3. The fourth-order valence-corrected chi connectivity index (χ4v) is 5.04. The molecule has 142 valence electrons. The Morgan fingerprint density at radius 1 is 0.536 bits per heavy atom. The summed E-state index contributed by atoms with van der Waals surface area (Å²) in [7, 11) is -0.179. The summed E-state index contributed by atoms with van der Waals surface area (Å²) in [6, 6.07) is 30.6. The average Bonchev–Trinajstić information content (AvgIpc) is 2.80. The molecule has 1 atom stereocenters. The molecule has 5 aromatic carbocycles. The molecule has 0 N–H and O–H groups in total. The molecule has 0 radical (unpaired) electrons. The van der Waals surface area contributed by atoms with E-state index in [9.17, 15) is 0 Å². The summed E-state index contributed by atoms with van der Waals surface area (Å²) in [5, 5.41) is 8.01. The summed E-state index contributed by atoms with van der Waals surface area (Å²) in [5.41, 5.74) is 0. The van der Waals surface area contributed by atoms with E-state index in [0.29, 0.717) is 0 Å². The zero-order valence-corrected chi connectivity index (χ0v) is 18.0. The highest BCUT2D eigenvalue weighted by Crippen LogP contribution is 2.43. The van der Waals surface area contributed by atoms with E-state index in [0.717, 1.165) is 0 Å². The van der Waals surface area contributed by atoms with Crippen LogP contribution >= 0.6 is 10.5 Å². The Labute approximate surface area is 171 Å². The van der Waals surface area contributed by atoms with Crippen molar-refractivity contribution in [1.82, 2.24) is 0 Å². The summed E-state index contributed by atoms with van der Waals surface area (Å²) in [5.74, 6) is 4.49. The van der Waals surface area contributed by atoms with Crippen molar-refractivity contribution >= 4 is 48.7 Å². The highest BCUT2D eigenvalue weighted by atomic mass is 32.2. The van der Waals surface area contributed by atoms with Crippen molar-refractivity contribution in [1.29, 1.82) is 0 Å². The predicted molar refractivity (Wildman–Crippen MR) is 131 cm³/mol. The first-order chi connectivity index (χ1) is 13.8. The van der Waals surface area contributed by atoms with E-state index in [1.165, 1.54) is 42.1 Å². The Kier molecular flexibility index (Phi) is 6.49. The normalized spacial score (nSPS) is 11.6. The van der Waals surface area contributed by atoms with E-state index in [1.807, 2.05) is 27.7 Å². The fraction of sp³-hybridized carbons (Fsp3) is 0.148. The highest BCUT2D eigenvalue weighted by molar-refractivity contribution is 8.14. The van der Waals surface area contributed by atoms with E-state index in [4.69, 9.17) is 0 Å². The van der Waals surface area contributed by atoms with Crippen molar-refractivity contribution in [3.05, 3.63) is 84.9 Å². The molecule has 0 spiro atoms. The fourth-order valence-electron chi connectivity index (χ4n) is 3.64. The van der Waals surface area contributed by atoms with Crippen molar-refractivity contribution in [3.63, 3.8) is 0 Å². The van der Waals surface area contributed by atoms with Gasteiger partial charge < -0.3 is 0 Å². The van der Waals surface area contributed by atoms with Crippen LogP contribution in [-0.2, 0) is 0 Å². The van der Waals surface area contributed by atoms with Gasteiger partial charge in [-0.25, -0.2) is 0 Å². The Bertz CT molecular complexity index is 1190. The van der Waals surface area contributed by atoms with Crippen LogP contribution in [0.15, 0.2) is 94.7 Å². The SMILES string of the molecule is C=S(c1ccccc1)c1ccc2ccc3cccc4ccc1c2c34.CC.CC. The Morgan fingerprint density at radius 2 is 1.07 bits per heavy atom. The smallest absolute Gasteiger partial charge is 0.0135 e. The lowest BCUT2D eigenvalue weighted by atomic mass is 9.94. The molecule has 5 aromatic rings. The minimum absolute atomic E-state index is 0.179. The van der Waals surface area contributed by atoms with E-state index in [-0.39, 0.29) is 10.5 Å². The molecule has 0 aromatic heterocycles. The second kappa shape index (κ2) is 9.03. The van der Waals surface area contributed by atoms with Crippen molar-refractivity contribution in [2.75, 3.05) is 0 Å². The lowest BCUT2D eigenvalue weighted by Gasteiger charge is -2.16. The third-order valence-corrected chi connectivity index (χ3v) is 6.51. The van der Waals surface area contributed by atoms with Crippen LogP contribution in [0.25, 0.3) is 32.3 Å². The molecule has 0 fully saturated rings. The first kappa shape index (κ1) is 20.1. The van der Waals surface area contributed by atoms with Gasteiger partial charge in [0, 0.05) is 9.79 Å². The van der Waals surface area contributed by atoms with Crippen molar-refractivity contribution in [3.8, 4) is 0 Å². The predicted octanol–water partition coefficient (Wildman–Crippen LogP) is 8.76. The second-order valence-corrected chi connectivity index (χ2v) is 7.82. The average molecular weight is 385 g/mol. The maximum absolute atomic E-state index is 4.49. The summed E-state index contributed by atoms with van der Waals surface area (Å²) in [6.45, 7) is 8.00. The molecule has 5 rings (SSSR count). The molecule has 0 saturated heterocycles. The molecule has 0 heterocycles. The van der Waals surface area contributed by atoms with Crippen LogP contribution in [0.4, 0.5) is 0 Å². The number of hydrogen-bond acceptors (Lipinski definition) is 0. The van der Waals surface area contributed by atoms with Gasteiger partial charge in [-0.3, -0.25) is 0 Å².